The topological polar surface area (TPSA) is 40.6 Å². The van der Waals surface area contributed by atoms with Crippen LogP contribution in [0.2, 0.25) is 5.02 Å². The van der Waals surface area contributed by atoms with Gasteiger partial charge in [0.15, 0.2) is 0 Å². The second kappa shape index (κ2) is 8.86. The van der Waals surface area contributed by atoms with Gasteiger partial charge in [-0.15, -0.1) is 0 Å². The van der Waals surface area contributed by atoms with Crippen molar-refractivity contribution in [3.05, 3.63) is 70.7 Å². The molecule has 4 nitrogen and oxygen atoms in total. The third-order valence-corrected chi connectivity index (χ3v) is 4.88. The van der Waals surface area contributed by atoms with Crippen LogP contribution >= 0.6 is 11.6 Å². The van der Waals surface area contributed by atoms with Crippen LogP contribution in [0.5, 0.6) is 0 Å². The van der Waals surface area contributed by atoms with Crippen LogP contribution in [-0.2, 0) is 22.4 Å². The number of rotatable bonds is 4. The molecule has 5 heteroatoms. The van der Waals surface area contributed by atoms with Gasteiger partial charge >= 0.3 is 0 Å². The molecule has 0 N–H and O–H groups in total. The van der Waals surface area contributed by atoms with Crippen LogP contribution < -0.4 is 0 Å². The molecule has 26 heavy (non-hydrogen) atoms. The highest BCUT2D eigenvalue weighted by Gasteiger charge is 2.22. The number of carbonyl (C=O) groups excluding carboxylic acids is 2. The van der Waals surface area contributed by atoms with Crippen molar-refractivity contribution in [2.24, 2.45) is 0 Å². The highest BCUT2D eigenvalue weighted by atomic mass is 35.5. The molecular formula is C21H23ClN2O2. The SMILES string of the molecule is O=C(Cc1ccccc1)N1CCCN(C(=O)Cc2cccc(Cl)c2)CC1. The molecule has 136 valence electrons. The van der Waals surface area contributed by atoms with E-state index in [0.717, 1.165) is 17.5 Å². The molecule has 0 bridgehead atoms. The van der Waals surface area contributed by atoms with Crippen LogP contribution in [0.15, 0.2) is 54.6 Å². The Morgan fingerprint density at radius 1 is 0.769 bits per heavy atom. The highest BCUT2D eigenvalue weighted by molar-refractivity contribution is 6.30. The van der Waals surface area contributed by atoms with Crippen molar-refractivity contribution >= 4 is 23.4 Å². The summed E-state index contributed by atoms with van der Waals surface area (Å²) in [6, 6.07) is 17.2. The van der Waals surface area contributed by atoms with Crippen molar-refractivity contribution in [3.63, 3.8) is 0 Å². The van der Waals surface area contributed by atoms with Crippen molar-refractivity contribution in [3.8, 4) is 0 Å². The van der Waals surface area contributed by atoms with Crippen LogP contribution in [0, 0.1) is 0 Å². The van der Waals surface area contributed by atoms with Crippen LogP contribution in [-0.4, -0.2) is 47.8 Å². The predicted octanol–water partition coefficient (Wildman–Crippen LogP) is 3.19. The average Bonchev–Trinajstić information content (AvgIpc) is 2.89. The molecule has 0 aliphatic carbocycles. The number of benzene rings is 2. The minimum Gasteiger partial charge on any atom is -0.341 e. The Morgan fingerprint density at radius 2 is 1.35 bits per heavy atom. The average molecular weight is 371 g/mol. The Labute approximate surface area is 159 Å². The first kappa shape index (κ1) is 18.5. The molecule has 1 aliphatic rings. The molecule has 1 fully saturated rings. The summed E-state index contributed by atoms with van der Waals surface area (Å²) in [4.78, 5) is 28.8. The van der Waals surface area contributed by atoms with E-state index in [4.69, 9.17) is 11.6 Å². The largest absolute Gasteiger partial charge is 0.341 e. The lowest BCUT2D eigenvalue weighted by Gasteiger charge is -2.22. The zero-order valence-corrected chi connectivity index (χ0v) is 15.5. The molecule has 0 atom stereocenters. The quantitative estimate of drug-likeness (QED) is 0.829. The van der Waals surface area contributed by atoms with E-state index in [1.54, 1.807) is 6.07 Å². The summed E-state index contributed by atoms with van der Waals surface area (Å²) >= 11 is 5.99. The standard InChI is InChI=1S/C21H23ClN2O2/c22-19-9-4-8-18(14-19)16-21(26)24-11-5-10-23(12-13-24)20(25)15-17-6-2-1-3-7-17/h1-4,6-9,14H,5,10-13,15-16H2. The van der Waals surface area contributed by atoms with E-state index in [1.165, 1.54) is 0 Å². The highest BCUT2D eigenvalue weighted by Crippen LogP contribution is 2.13. The summed E-state index contributed by atoms with van der Waals surface area (Å²) in [5.41, 5.74) is 1.94. The molecule has 0 unspecified atom stereocenters. The summed E-state index contributed by atoms with van der Waals surface area (Å²) < 4.78 is 0. The third-order valence-electron chi connectivity index (χ3n) is 4.64. The van der Waals surface area contributed by atoms with Crippen molar-refractivity contribution in [2.45, 2.75) is 19.3 Å². The first-order valence-electron chi connectivity index (χ1n) is 8.96. The van der Waals surface area contributed by atoms with Gasteiger partial charge in [-0.2, -0.15) is 0 Å². The number of hydrogen-bond acceptors (Lipinski definition) is 2. The van der Waals surface area contributed by atoms with Crippen molar-refractivity contribution in [2.75, 3.05) is 26.2 Å². The minimum absolute atomic E-state index is 0.0876. The Morgan fingerprint density at radius 3 is 1.96 bits per heavy atom. The Bertz CT molecular complexity index is 764. The molecule has 0 saturated carbocycles. The first-order valence-corrected chi connectivity index (χ1v) is 9.33. The molecule has 0 radical (unpaired) electrons. The molecule has 0 aromatic heterocycles. The van der Waals surface area contributed by atoms with E-state index in [1.807, 2.05) is 58.3 Å². The van der Waals surface area contributed by atoms with Crippen LogP contribution in [0.25, 0.3) is 0 Å². The molecular weight excluding hydrogens is 348 g/mol. The van der Waals surface area contributed by atoms with E-state index in [9.17, 15) is 9.59 Å². The van der Waals surface area contributed by atoms with Crippen molar-refractivity contribution < 1.29 is 9.59 Å². The molecule has 2 aromatic rings. The molecule has 1 saturated heterocycles. The van der Waals surface area contributed by atoms with Gasteiger partial charge in [0.2, 0.25) is 11.8 Å². The molecule has 2 aromatic carbocycles. The van der Waals surface area contributed by atoms with E-state index < -0.39 is 0 Å². The zero-order valence-electron chi connectivity index (χ0n) is 14.7. The number of amides is 2. The summed E-state index contributed by atoms with van der Waals surface area (Å²) in [6.07, 6.45) is 1.57. The smallest absolute Gasteiger partial charge is 0.227 e. The zero-order chi connectivity index (χ0) is 18.4. The summed E-state index contributed by atoms with van der Waals surface area (Å²) in [6.45, 7) is 2.56. The van der Waals surface area contributed by atoms with Gasteiger partial charge in [0, 0.05) is 31.2 Å². The van der Waals surface area contributed by atoms with E-state index >= 15 is 0 Å². The molecule has 0 spiro atoms. The van der Waals surface area contributed by atoms with E-state index in [2.05, 4.69) is 0 Å². The lowest BCUT2D eigenvalue weighted by atomic mass is 10.1. The third kappa shape index (κ3) is 5.09. The predicted molar refractivity (Wildman–Crippen MR) is 103 cm³/mol. The van der Waals surface area contributed by atoms with E-state index in [0.29, 0.717) is 44.0 Å². The van der Waals surface area contributed by atoms with E-state index in [-0.39, 0.29) is 11.8 Å². The summed E-state index contributed by atoms with van der Waals surface area (Å²) in [5.74, 6) is 0.213. The van der Waals surface area contributed by atoms with Crippen LogP contribution in [0.1, 0.15) is 17.5 Å². The second-order valence-electron chi connectivity index (χ2n) is 6.58. The molecule has 1 aliphatic heterocycles. The van der Waals surface area contributed by atoms with Gasteiger partial charge in [-0.05, 0) is 29.7 Å². The Hall–Kier alpha value is -2.33. The Kier molecular flexibility index (Phi) is 6.29. The first-order chi connectivity index (χ1) is 12.6. The van der Waals surface area contributed by atoms with Gasteiger partial charge in [-0.25, -0.2) is 0 Å². The van der Waals surface area contributed by atoms with Gasteiger partial charge in [0.25, 0.3) is 0 Å². The van der Waals surface area contributed by atoms with Gasteiger partial charge in [0.1, 0.15) is 0 Å². The maximum Gasteiger partial charge on any atom is 0.227 e. The van der Waals surface area contributed by atoms with Crippen LogP contribution in [0.4, 0.5) is 0 Å². The second-order valence-corrected chi connectivity index (χ2v) is 7.02. The van der Waals surface area contributed by atoms with Gasteiger partial charge in [-0.1, -0.05) is 54.1 Å². The molecule has 3 rings (SSSR count). The number of hydrogen-bond donors (Lipinski definition) is 0. The number of halogens is 1. The fourth-order valence-corrected chi connectivity index (χ4v) is 3.44. The van der Waals surface area contributed by atoms with Crippen molar-refractivity contribution in [1.29, 1.82) is 0 Å². The fraction of sp³-hybridized carbons (Fsp3) is 0.333. The van der Waals surface area contributed by atoms with Gasteiger partial charge in [-0.3, -0.25) is 9.59 Å². The maximum absolute atomic E-state index is 12.6. The van der Waals surface area contributed by atoms with Gasteiger partial charge < -0.3 is 9.80 Å². The summed E-state index contributed by atoms with van der Waals surface area (Å²) in [7, 11) is 0. The maximum atomic E-state index is 12.6. The number of nitrogens with zero attached hydrogens (tertiary/aromatic N) is 2. The molecule has 1 heterocycles. The molecule has 2 amide bonds. The monoisotopic (exact) mass is 370 g/mol. The normalized spacial score (nSPS) is 14.8. The Balaban J connectivity index is 1.54. The fourth-order valence-electron chi connectivity index (χ4n) is 3.23. The number of carbonyl (C=O) groups is 2. The lowest BCUT2D eigenvalue weighted by molar-refractivity contribution is -0.132. The summed E-state index contributed by atoms with van der Waals surface area (Å²) in [5, 5.41) is 0.642. The van der Waals surface area contributed by atoms with Crippen LogP contribution in [0.3, 0.4) is 0 Å². The van der Waals surface area contributed by atoms with Crippen molar-refractivity contribution in [1.82, 2.24) is 9.80 Å². The lowest BCUT2D eigenvalue weighted by Crippen LogP contribution is -2.38. The van der Waals surface area contributed by atoms with Gasteiger partial charge in [0.05, 0.1) is 12.8 Å². The minimum atomic E-state index is 0.0876.